The van der Waals surface area contributed by atoms with Crippen LogP contribution in [0.25, 0.3) is 0 Å². The molecule has 3 atom stereocenters. The molecule has 5 heteroatoms. The molecular weight excluding hydrogens is 294 g/mol. The zero-order valence-corrected chi connectivity index (χ0v) is 13.9. The van der Waals surface area contributed by atoms with Crippen LogP contribution in [0, 0.1) is 17.3 Å². The molecule has 3 aliphatic carbocycles. The van der Waals surface area contributed by atoms with Crippen molar-refractivity contribution in [3.05, 3.63) is 0 Å². The smallest absolute Gasteiger partial charge is 0.328 e. The van der Waals surface area contributed by atoms with Crippen LogP contribution in [0.15, 0.2) is 0 Å². The second-order valence-electron chi connectivity index (χ2n) is 7.67. The SMILES string of the molecule is COC(=O)[C@H](C[C@@H]1CCCC1=O)NC(=O)C1CCC2(CCC2)C1. The van der Waals surface area contributed by atoms with Crippen LogP contribution in [0.3, 0.4) is 0 Å². The van der Waals surface area contributed by atoms with Crippen molar-refractivity contribution in [3.8, 4) is 0 Å². The summed E-state index contributed by atoms with van der Waals surface area (Å²) in [6, 6.07) is -0.683. The first kappa shape index (κ1) is 16.5. The minimum Gasteiger partial charge on any atom is -0.467 e. The van der Waals surface area contributed by atoms with Gasteiger partial charge in [-0.25, -0.2) is 4.79 Å². The highest BCUT2D eigenvalue weighted by Crippen LogP contribution is 2.55. The van der Waals surface area contributed by atoms with E-state index in [1.165, 1.54) is 26.4 Å². The summed E-state index contributed by atoms with van der Waals surface area (Å²) in [4.78, 5) is 36.4. The molecule has 1 unspecified atom stereocenters. The highest BCUT2D eigenvalue weighted by molar-refractivity contribution is 5.87. The molecule has 23 heavy (non-hydrogen) atoms. The predicted octanol–water partition coefficient (Wildman–Crippen LogP) is 2.37. The fourth-order valence-electron chi connectivity index (χ4n) is 4.63. The van der Waals surface area contributed by atoms with E-state index in [1.54, 1.807) is 0 Å². The lowest BCUT2D eigenvalue weighted by atomic mass is 9.67. The maximum absolute atomic E-state index is 12.6. The number of hydrogen-bond acceptors (Lipinski definition) is 4. The minimum atomic E-state index is -0.683. The lowest BCUT2D eigenvalue weighted by Gasteiger charge is -2.38. The molecule has 0 aromatic rings. The van der Waals surface area contributed by atoms with Gasteiger partial charge in [0.05, 0.1) is 7.11 Å². The Bertz CT molecular complexity index is 497. The van der Waals surface area contributed by atoms with Gasteiger partial charge in [-0.1, -0.05) is 6.42 Å². The summed E-state index contributed by atoms with van der Waals surface area (Å²) in [7, 11) is 1.33. The number of ketones is 1. The van der Waals surface area contributed by atoms with E-state index in [0.29, 0.717) is 18.3 Å². The van der Waals surface area contributed by atoms with Crippen LogP contribution in [0.1, 0.15) is 64.2 Å². The first-order valence-electron chi connectivity index (χ1n) is 8.94. The van der Waals surface area contributed by atoms with Gasteiger partial charge in [-0.3, -0.25) is 9.59 Å². The molecule has 3 aliphatic rings. The summed E-state index contributed by atoms with van der Waals surface area (Å²) < 4.78 is 4.83. The number of esters is 1. The van der Waals surface area contributed by atoms with E-state index in [-0.39, 0.29) is 23.5 Å². The van der Waals surface area contributed by atoms with E-state index < -0.39 is 12.0 Å². The molecule has 0 aromatic heterocycles. The normalized spacial score (nSPS) is 30.0. The van der Waals surface area contributed by atoms with Gasteiger partial charge < -0.3 is 10.1 Å². The Labute approximate surface area is 137 Å². The molecule has 3 fully saturated rings. The average Bonchev–Trinajstić information content (AvgIpc) is 3.12. The summed E-state index contributed by atoms with van der Waals surface area (Å²) in [5.41, 5.74) is 0.407. The van der Waals surface area contributed by atoms with Gasteiger partial charge in [0.15, 0.2) is 0 Å². The Hall–Kier alpha value is -1.39. The minimum absolute atomic E-state index is 0.0155. The number of rotatable bonds is 5. The van der Waals surface area contributed by atoms with Crippen molar-refractivity contribution < 1.29 is 19.1 Å². The molecule has 0 aliphatic heterocycles. The number of Topliss-reactive ketones (excluding diaryl/α,β-unsaturated/α-hetero) is 1. The Morgan fingerprint density at radius 2 is 2.04 bits per heavy atom. The lowest BCUT2D eigenvalue weighted by Crippen LogP contribution is -2.45. The van der Waals surface area contributed by atoms with Gasteiger partial charge in [0.25, 0.3) is 0 Å². The highest BCUT2D eigenvalue weighted by Gasteiger charge is 2.46. The molecule has 1 N–H and O–H groups in total. The lowest BCUT2D eigenvalue weighted by molar-refractivity contribution is -0.146. The summed E-state index contributed by atoms with van der Waals surface area (Å²) >= 11 is 0. The Morgan fingerprint density at radius 3 is 2.57 bits per heavy atom. The Kier molecular flexibility index (Phi) is 4.74. The zero-order valence-electron chi connectivity index (χ0n) is 13.9. The summed E-state index contributed by atoms with van der Waals surface area (Å²) in [5, 5.41) is 2.88. The summed E-state index contributed by atoms with van der Waals surface area (Å²) in [5.74, 6) is -0.353. The van der Waals surface area contributed by atoms with E-state index >= 15 is 0 Å². The number of methoxy groups -OCH3 is 1. The van der Waals surface area contributed by atoms with Crippen molar-refractivity contribution in [1.82, 2.24) is 5.32 Å². The molecule has 128 valence electrons. The predicted molar refractivity (Wildman–Crippen MR) is 84.5 cm³/mol. The first-order valence-corrected chi connectivity index (χ1v) is 8.94. The number of carbonyl (C=O) groups is 3. The fourth-order valence-corrected chi connectivity index (χ4v) is 4.63. The zero-order chi connectivity index (χ0) is 16.4. The van der Waals surface area contributed by atoms with E-state index in [0.717, 1.165) is 32.1 Å². The molecular formula is C18H27NO4. The van der Waals surface area contributed by atoms with Crippen LogP contribution < -0.4 is 5.32 Å². The van der Waals surface area contributed by atoms with Crippen LogP contribution in [0.2, 0.25) is 0 Å². The number of carbonyl (C=O) groups excluding carboxylic acids is 3. The standard InChI is InChI=1S/C18H27NO4/c1-23-17(22)14(10-12-4-2-5-15(12)20)19-16(21)13-6-9-18(11-13)7-3-8-18/h12-14H,2-11H2,1H3,(H,19,21)/t12-,13?,14-/m0/s1. The molecule has 5 nitrogen and oxygen atoms in total. The van der Waals surface area contributed by atoms with Gasteiger partial charge >= 0.3 is 5.97 Å². The van der Waals surface area contributed by atoms with Crippen molar-refractivity contribution in [3.63, 3.8) is 0 Å². The van der Waals surface area contributed by atoms with Gasteiger partial charge in [-0.2, -0.15) is 0 Å². The first-order chi connectivity index (χ1) is 11.0. The monoisotopic (exact) mass is 321 g/mol. The number of ether oxygens (including phenoxy) is 1. The molecule has 0 radical (unpaired) electrons. The van der Waals surface area contributed by atoms with E-state index in [2.05, 4.69) is 5.32 Å². The van der Waals surface area contributed by atoms with Crippen molar-refractivity contribution in [2.24, 2.45) is 17.3 Å². The van der Waals surface area contributed by atoms with E-state index in [1.807, 2.05) is 0 Å². The van der Waals surface area contributed by atoms with Crippen LogP contribution in [-0.2, 0) is 19.1 Å². The molecule has 0 heterocycles. The average molecular weight is 321 g/mol. The van der Waals surface area contributed by atoms with E-state index in [9.17, 15) is 14.4 Å². The molecule has 3 rings (SSSR count). The van der Waals surface area contributed by atoms with Crippen molar-refractivity contribution >= 4 is 17.7 Å². The molecule has 0 saturated heterocycles. The third kappa shape index (κ3) is 3.43. The van der Waals surface area contributed by atoms with Crippen molar-refractivity contribution in [2.45, 2.75) is 70.3 Å². The van der Waals surface area contributed by atoms with Crippen molar-refractivity contribution in [2.75, 3.05) is 7.11 Å². The van der Waals surface area contributed by atoms with Crippen LogP contribution in [-0.4, -0.2) is 30.8 Å². The fraction of sp³-hybridized carbons (Fsp3) is 0.833. The molecule has 1 amide bonds. The van der Waals surface area contributed by atoms with Crippen LogP contribution in [0.5, 0.6) is 0 Å². The van der Waals surface area contributed by atoms with Crippen LogP contribution >= 0.6 is 0 Å². The number of nitrogens with one attached hydrogen (secondary N) is 1. The third-order valence-electron chi connectivity index (χ3n) is 6.24. The quantitative estimate of drug-likeness (QED) is 0.789. The molecule has 1 spiro atoms. The maximum Gasteiger partial charge on any atom is 0.328 e. The topological polar surface area (TPSA) is 72.5 Å². The van der Waals surface area contributed by atoms with Gasteiger partial charge in [-0.15, -0.1) is 0 Å². The van der Waals surface area contributed by atoms with E-state index in [4.69, 9.17) is 4.74 Å². The molecule has 3 saturated carbocycles. The largest absolute Gasteiger partial charge is 0.467 e. The van der Waals surface area contributed by atoms with Gasteiger partial charge in [-0.05, 0) is 56.8 Å². The van der Waals surface area contributed by atoms with Gasteiger partial charge in [0.1, 0.15) is 11.8 Å². The Morgan fingerprint density at radius 1 is 1.26 bits per heavy atom. The second kappa shape index (κ2) is 6.62. The van der Waals surface area contributed by atoms with Gasteiger partial charge in [0, 0.05) is 18.3 Å². The number of hydrogen-bond donors (Lipinski definition) is 1. The summed E-state index contributed by atoms with van der Waals surface area (Å²) in [6.07, 6.45) is 9.45. The summed E-state index contributed by atoms with van der Waals surface area (Å²) in [6.45, 7) is 0. The van der Waals surface area contributed by atoms with Gasteiger partial charge in [0.2, 0.25) is 5.91 Å². The van der Waals surface area contributed by atoms with Crippen molar-refractivity contribution in [1.29, 1.82) is 0 Å². The van der Waals surface area contributed by atoms with Crippen LogP contribution in [0.4, 0.5) is 0 Å². The third-order valence-corrected chi connectivity index (χ3v) is 6.24. The highest BCUT2D eigenvalue weighted by atomic mass is 16.5. The number of amides is 1. The second-order valence-corrected chi connectivity index (χ2v) is 7.67. The maximum atomic E-state index is 12.6. The molecule has 0 bridgehead atoms. The Balaban J connectivity index is 1.58. The molecule has 0 aromatic carbocycles.